The fraction of sp³-hybridized carbons (Fsp3) is 0.462. The number of rotatable bonds is 3. The monoisotopic (exact) mass is 336 g/mol. The maximum absolute atomic E-state index is 13.0. The van der Waals surface area contributed by atoms with Crippen molar-refractivity contribution in [2.75, 3.05) is 16.8 Å². The molecule has 0 atom stereocenters. The molecule has 0 aromatic heterocycles. The van der Waals surface area contributed by atoms with Gasteiger partial charge in [0.2, 0.25) is 0 Å². The van der Waals surface area contributed by atoms with Crippen LogP contribution in [0.1, 0.15) is 24.0 Å². The summed E-state index contributed by atoms with van der Waals surface area (Å²) in [4.78, 5) is -0.276. The van der Waals surface area contributed by atoms with E-state index in [0.717, 1.165) is 6.07 Å². The minimum absolute atomic E-state index is 0.0412. The highest BCUT2D eigenvalue weighted by Gasteiger charge is 2.34. The van der Waals surface area contributed by atoms with Crippen LogP contribution in [0.3, 0.4) is 0 Å². The van der Waals surface area contributed by atoms with E-state index in [1.165, 1.54) is 12.1 Å². The lowest BCUT2D eigenvalue weighted by atomic mass is 10.0. The van der Waals surface area contributed by atoms with E-state index in [1.807, 2.05) is 0 Å². The molecule has 1 saturated heterocycles. The van der Waals surface area contributed by atoms with Gasteiger partial charge in [0.1, 0.15) is 4.99 Å². The molecule has 3 nitrogen and oxygen atoms in total. The van der Waals surface area contributed by atoms with Gasteiger partial charge in [-0.3, -0.25) is 4.21 Å². The molecule has 21 heavy (non-hydrogen) atoms. The average Bonchev–Trinajstić information content (AvgIpc) is 2.40. The molecule has 8 heteroatoms. The van der Waals surface area contributed by atoms with Crippen molar-refractivity contribution in [1.82, 2.24) is 0 Å². The molecule has 1 aliphatic heterocycles. The largest absolute Gasteiger partial charge is 0.417 e. The molecule has 0 radical (unpaired) electrons. The molecule has 116 valence electrons. The Hall–Kier alpha value is -1.15. The van der Waals surface area contributed by atoms with Crippen molar-refractivity contribution in [3.63, 3.8) is 0 Å². The fourth-order valence-electron chi connectivity index (χ4n) is 2.26. The Labute approximate surface area is 128 Å². The quantitative estimate of drug-likeness (QED) is 0.833. The van der Waals surface area contributed by atoms with Gasteiger partial charge in [0.25, 0.3) is 0 Å². The number of thiocarbonyl (C=S) groups is 1. The Morgan fingerprint density at radius 3 is 2.48 bits per heavy atom. The number of alkyl halides is 3. The zero-order valence-corrected chi connectivity index (χ0v) is 12.7. The van der Waals surface area contributed by atoms with Crippen LogP contribution in [-0.2, 0) is 17.0 Å². The maximum Gasteiger partial charge on any atom is 0.417 e. The van der Waals surface area contributed by atoms with Gasteiger partial charge < -0.3 is 11.1 Å². The lowest BCUT2D eigenvalue weighted by Crippen LogP contribution is -2.29. The lowest BCUT2D eigenvalue weighted by molar-refractivity contribution is -0.137. The first kappa shape index (κ1) is 16.2. The standard InChI is InChI=1S/C13H15F3N2OS2/c14-13(15,16)11-7-9(1-2-10(11)12(17)20)18-8-3-5-21(19)6-4-8/h1-2,7-8,18H,3-6H2,(H2,17,20). The zero-order chi connectivity index (χ0) is 15.6. The molecule has 1 heterocycles. The molecule has 1 fully saturated rings. The molecule has 0 amide bonds. The average molecular weight is 336 g/mol. The summed E-state index contributed by atoms with van der Waals surface area (Å²) in [6.45, 7) is 0. The molecule has 1 aromatic rings. The lowest BCUT2D eigenvalue weighted by Gasteiger charge is -2.24. The third-order valence-corrected chi connectivity index (χ3v) is 4.95. The van der Waals surface area contributed by atoms with Gasteiger partial charge in [0, 0.05) is 39.6 Å². The van der Waals surface area contributed by atoms with Gasteiger partial charge in [0.15, 0.2) is 0 Å². The van der Waals surface area contributed by atoms with Gasteiger partial charge >= 0.3 is 6.18 Å². The van der Waals surface area contributed by atoms with Crippen LogP contribution in [0.2, 0.25) is 0 Å². The molecular weight excluding hydrogens is 321 g/mol. The number of hydrogen-bond acceptors (Lipinski definition) is 3. The van der Waals surface area contributed by atoms with E-state index in [0.29, 0.717) is 30.0 Å². The highest BCUT2D eigenvalue weighted by Crippen LogP contribution is 2.34. The van der Waals surface area contributed by atoms with E-state index in [9.17, 15) is 17.4 Å². The fourth-order valence-corrected chi connectivity index (χ4v) is 3.73. The molecule has 1 aliphatic rings. The smallest absolute Gasteiger partial charge is 0.389 e. The second kappa shape index (κ2) is 6.31. The molecule has 0 spiro atoms. The van der Waals surface area contributed by atoms with E-state index in [2.05, 4.69) is 17.5 Å². The summed E-state index contributed by atoms with van der Waals surface area (Å²) in [6, 6.07) is 3.89. The van der Waals surface area contributed by atoms with Gasteiger partial charge in [-0.15, -0.1) is 0 Å². The summed E-state index contributed by atoms with van der Waals surface area (Å²) in [5.41, 5.74) is 4.71. The summed E-state index contributed by atoms with van der Waals surface area (Å²) in [7, 11) is -0.801. The van der Waals surface area contributed by atoms with Crippen molar-refractivity contribution in [3.05, 3.63) is 29.3 Å². The Bertz CT molecular complexity index is 565. The maximum atomic E-state index is 13.0. The Morgan fingerprint density at radius 1 is 1.33 bits per heavy atom. The Balaban J connectivity index is 2.21. The van der Waals surface area contributed by atoms with E-state index in [1.54, 1.807) is 0 Å². The Morgan fingerprint density at radius 2 is 1.95 bits per heavy atom. The summed E-state index contributed by atoms with van der Waals surface area (Å²) in [5.74, 6) is 1.16. The minimum atomic E-state index is -4.51. The highest BCUT2D eigenvalue weighted by atomic mass is 32.2. The van der Waals surface area contributed by atoms with Crippen LogP contribution >= 0.6 is 12.2 Å². The third kappa shape index (κ3) is 4.16. The summed E-state index contributed by atoms with van der Waals surface area (Å²) in [5, 5.41) is 3.06. The topological polar surface area (TPSA) is 55.1 Å². The van der Waals surface area contributed by atoms with Gasteiger partial charge in [-0.2, -0.15) is 13.2 Å². The molecule has 0 aliphatic carbocycles. The number of halogens is 3. The Kier molecular flexibility index (Phi) is 4.88. The zero-order valence-electron chi connectivity index (χ0n) is 11.1. The summed E-state index contributed by atoms with van der Waals surface area (Å²) < 4.78 is 50.4. The number of anilines is 1. The van der Waals surface area contributed by atoms with Crippen molar-refractivity contribution in [2.24, 2.45) is 5.73 Å². The number of nitrogens with one attached hydrogen (secondary N) is 1. The van der Waals surface area contributed by atoms with Gasteiger partial charge in [0.05, 0.1) is 5.56 Å². The van der Waals surface area contributed by atoms with Crippen LogP contribution in [0, 0.1) is 0 Å². The van der Waals surface area contributed by atoms with Crippen LogP contribution in [0.5, 0.6) is 0 Å². The van der Waals surface area contributed by atoms with Gasteiger partial charge in [-0.1, -0.05) is 12.2 Å². The van der Waals surface area contributed by atoms with E-state index >= 15 is 0 Å². The normalized spacial score (nSPS) is 22.8. The van der Waals surface area contributed by atoms with Gasteiger partial charge in [-0.25, -0.2) is 0 Å². The first-order valence-electron chi connectivity index (χ1n) is 6.40. The molecule has 3 N–H and O–H groups in total. The molecule has 0 unspecified atom stereocenters. The van der Waals surface area contributed by atoms with Crippen LogP contribution in [0.25, 0.3) is 0 Å². The second-order valence-corrected chi connectivity index (χ2v) is 7.03. The molecule has 2 rings (SSSR count). The predicted octanol–water partition coefficient (Wildman–Crippen LogP) is 2.66. The third-order valence-electron chi connectivity index (χ3n) is 3.35. The summed E-state index contributed by atoms with van der Waals surface area (Å²) in [6.07, 6.45) is -3.14. The van der Waals surface area contributed by atoms with E-state index in [4.69, 9.17) is 5.73 Å². The number of hydrogen-bond donors (Lipinski definition) is 2. The molecule has 1 aromatic carbocycles. The molecule has 0 bridgehead atoms. The van der Waals surface area contributed by atoms with Crippen LogP contribution in [0.15, 0.2) is 18.2 Å². The van der Waals surface area contributed by atoms with E-state index in [-0.39, 0.29) is 16.6 Å². The van der Waals surface area contributed by atoms with Crippen LogP contribution in [-0.4, -0.2) is 26.7 Å². The van der Waals surface area contributed by atoms with Crippen molar-refractivity contribution >= 4 is 33.7 Å². The van der Waals surface area contributed by atoms with E-state index < -0.39 is 22.5 Å². The van der Waals surface area contributed by atoms with Crippen LogP contribution < -0.4 is 11.1 Å². The SMILES string of the molecule is NC(=S)c1ccc(NC2CCS(=O)CC2)cc1C(F)(F)F. The van der Waals surface area contributed by atoms with Crippen molar-refractivity contribution in [3.8, 4) is 0 Å². The van der Waals surface area contributed by atoms with Crippen LogP contribution in [0.4, 0.5) is 18.9 Å². The minimum Gasteiger partial charge on any atom is -0.389 e. The van der Waals surface area contributed by atoms with Crippen molar-refractivity contribution in [2.45, 2.75) is 25.1 Å². The van der Waals surface area contributed by atoms with Crippen molar-refractivity contribution in [1.29, 1.82) is 0 Å². The summed E-state index contributed by atoms with van der Waals surface area (Å²) >= 11 is 4.66. The predicted molar refractivity (Wildman–Crippen MR) is 81.9 cm³/mol. The number of benzene rings is 1. The number of nitrogens with two attached hydrogens (primary N) is 1. The molecule has 0 saturated carbocycles. The second-order valence-electron chi connectivity index (χ2n) is 4.89. The first-order valence-corrected chi connectivity index (χ1v) is 8.29. The molecular formula is C13H15F3N2OS2. The van der Waals surface area contributed by atoms with Crippen molar-refractivity contribution < 1.29 is 17.4 Å². The first-order chi connectivity index (χ1) is 9.77. The highest BCUT2D eigenvalue weighted by molar-refractivity contribution is 7.85. The van der Waals surface area contributed by atoms with Gasteiger partial charge in [-0.05, 0) is 31.0 Å².